The molecule has 2 aromatic carbocycles. The second kappa shape index (κ2) is 5.93. The van der Waals surface area contributed by atoms with Crippen molar-refractivity contribution in [1.29, 1.82) is 0 Å². The lowest BCUT2D eigenvalue weighted by atomic mass is 10.0. The first-order chi connectivity index (χ1) is 12.7. The Morgan fingerprint density at radius 1 is 1.12 bits per heavy atom. The average molecular weight is 365 g/mol. The highest BCUT2D eigenvalue weighted by atomic mass is 35.5. The number of hydrogen-bond donors (Lipinski definition) is 2. The molecule has 26 heavy (non-hydrogen) atoms. The zero-order valence-electron chi connectivity index (χ0n) is 14.2. The fourth-order valence-electron chi connectivity index (χ4n) is 3.62. The second-order valence-corrected chi connectivity index (χ2v) is 7.01. The van der Waals surface area contributed by atoms with E-state index in [4.69, 9.17) is 11.6 Å². The molecule has 0 saturated heterocycles. The first-order valence-corrected chi connectivity index (χ1v) is 8.93. The summed E-state index contributed by atoms with van der Waals surface area (Å²) in [5.41, 5.74) is 4.24. The summed E-state index contributed by atoms with van der Waals surface area (Å²) in [6, 6.07) is 14.4. The first kappa shape index (κ1) is 15.5. The number of fused-ring (bicyclic) bond motifs is 2. The highest BCUT2D eigenvalue weighted by molar-refractivity contribution is 6.30. The van der Waals surface area contributed by atoms with Crippen molar-refractivity contribution in [3.63, 3.8) is 0 Å². The van der Waals surface area contributed by atoms with Crippen LogP contribution in [0.2, 0.25) is 5.02 Å². The number of rotatable bonds is 2. The molecule has 1 atom stereocenters. The number of aromatic nitrogens is 5. The normalized spacial score (nSPS) is 16.8. The number of aryl methyl sites for hydroxylation is 1. The molecule has 0 fully saturated rings. The molecule has 1 aliphatic rings. The van der Waals surface area contributed by atoms with Gasteiger partial charge in [-0.2, -0.15) is 5.10 Å². The number of nitrogens with one attached hydrogen (secondary N) is 2. The van der Waals surface area contributed by atoms with Crippen LogP contribution in [0, 0.1) is 6.92 Å². The maximum Gasteiger partial charge on any atom is 0.164 e. The predicted octanol–water partition coefficient (Wildman–Crippen LogP) is 3.48. The van der Waals surface area contributed by atoms with Crippen LogP contribution < -0.4 is 5.32 Å². The van der Waals surface area contributed by atoms with Gasteiger partial charge in [-0.3, -0.25) is 5.10 Å². The number of aromatic amines is 1. The molecule has 0 radical (unpaired) electrons. The van der Waals surface area contributed by atoms with Crippen LogP contribution in [-0.4, -0.2) is 31.5 Å². The topological polar surface area (TPSA) is 71.4 Å². The monoisotopic (exact) mass is 364 g/mol. The van der Waals surface area contributed by atoms with Gasteiger partial charge in [0.1, 0.15) is 5.82 Å². The lowest BCUT2D eigenvalue weighted by Gasteiger charge is -2.27. The van der Waals surface area contributed by atoms with Crippen molar-refractivity contribution in [2.75, 3.05) is 6.54 Å². The molecule has 0 amide bonds. The molecule has 5 rings (SSSR count). The van der Waals surface area contributed by atoms with E-state index in [0.29, 0.717) is 6.54 Å². The van der Waals surface area contributed by atoms with Crippen LogP contribution in [0.5, 0.6) is 0 Å². The summed E-state index contributed by atoms with van der Waals surface area (Å²) in [5, 5.41) is 21.5. The van der Waals surface area contributed by atoms with E-state index in [1.54, 1.807) is 0 Å². The Balaban J connectivity index is 1.66. The lowest BCUT2D eigenvalue weighted by molar-refractivity contribution is 0.447. The van der Waals surface area contributed by atoms with Crippen LogP contribution in [0.1, 0.15) is 23.1 Å². The van der Waals surface area contributed by atoms with Crippen molar-refractivity contribution < 1.29 is 0 Å². The van der Waals surface area contributed by atoms with Gasteiger partial charge in [0.05, 0.1) is 23.8 Å². The standard InChI is InChI=1S/C19H17ClN6/c1-11-15-8-13(4-7-16(15)23-22-11)19-25-24-18-10-21-9-17(26(18)19)12-2-5-14(20)6-3-12/h2-8,17,21H,9-10H2,1H3,(H,22,23)/t17-/m1/s1. The molecule has 0 spiro atoms. The number of nitrogens with zero attached hydrogens (tertiary/aromatic N) is 4. The Kier molecular flexibility index (Phi) is 3.55. The minimum absolute atomic E-state index is 0.127. The van der Waals surface area contributed by atoms with Gasteiger partial charge in [0.15, 0.2) is 5.82 Å². The quantitative estimate of drug-likeness (QED) is 0.571. The summed E-state index contributed by atoms with van der Waals surface area (Å²) in [4.78, 5) is 0. The van der Waals surface area contributed by atoms with Gasteiger partial charge in [-0.25, -0.2) is 0 Å². The van der Waals surface area contributed by atoms with E-state index in [2.05, 4.69) is 54.5 Å². The number of halogens is 1. The highest BCUT2D eigenvalue weighted by Crippen LogP contribution is 2.31. The predicted molar refractivity (Wildman–Crippen MR) is 101 cm³/mol. The van der Waals surface area contributed by atoms with Crippen LogP contribution in [0.25, 0.3) is 22.3 Å². The zero-order valence-corrected chi connectivity index (χ0v) is 15.0. The molecular formula is C19H17ClN6. The van der Waals surface area contributed by atoms with Crippen molar-refractivity contribution in [3.8, 4) is 11.4 Å². The molecule has 0 saturated carbocycles. The molecule has 7 heteroatoms. The molecule has 0 bridgehead atoms. The SMILES string of the molecule is Cc1n[nH]c2ccc(-c3nnc4n3[C@@H](c3ccc(Cl)cc3)CNC4)cc12. The zero-order chi connectivity index (χ0) is 17.7. The molecule has 2 N–H and O–H groups in total. The summed E-state index contributed by atoms with van der Waals surface area (Å²) in [6.07, 6.45) is 0. The van der Waals surface area contributed by atoms with Gasteiger partial charge in [-0.15, -0.1) is 10.2 Å². The van der Waals surface area contributed by atoms with Crippen molar-refractivity contribution in [3.05, 3.63) is 64.6 Å². The van der Waals surface area contributed by atoms with Crippen molar-refractivity contribution in [1.82, 2.24) is 30.3 Å². The Labute approximate surface area is 155 Å². The van der Waals surface area contributed by atoms with Gasteiger partial charge in [0.2, 0.25) is 0 Å². The van der Waals surface area contributed by atoms with E-state index in [-0.39, 0.29) is 6.04 Å². The van der Waals surface area contributed by atoms with Crippen molar-refractivity contribution in [2.24, 2.45) is 0 Å². The molecule has 2 aromatic heterocycles. The second-order valence-electron chi connectivity index (χ2n) is 6.58. The van der Waals surface area contributed by atoms with Crippen LogP contribution >= 0.6 is 11.6 Å². The van der Waals surface area contributed by atoms with Gasteiger partial charge in [0, 0.05) is 22.5 Å². The third-order valence-corrected chi connectivity index (χ3v) is 5.22. The summed E-state index contributed by atoms with van der Waals surface area (Å²) >= 11 is 6.06. The van der Waals surface area contributed by atoms with Crippen LogP contribution in [0.3, 0.4) is 0 Å². The van der Waals surface area contributed by atoms with Gasteiger partial charge in [-0.1, -0.05) is 23.7 Å². The molecular weight excluding hydrogens is 348 g/mol. The number of benzene rings is 2. The third-order valence-electron chi connectivity index (χ3n) is 4.97. The van der Waals surface area contributed by atoms with E-state index in [9.17, 15) is 0 Å². The van der Waals surface area contributed by atoms with E-state index < -0.39 is 0 Å². The van der Waals surface area contributed by atoms with Gasteiger partial charge >= 0.3 is 0 Å². The Bertz CT molecular complexity index is 1100. The summed E-state index contributed by atoms with van der Waals surface area (Å²) in [6.45, 7) is 3.54. The van der Waals surface area contributed by atoms with Crippen molar-refractivity contribution >= 4 is 22.5 Å². The van der Waals surface area contributed by atoms with Crippen molar-refractivity contribution in [2.45, 2.75) is 19.5 Å². The largest absolute Gasteiger partial charge is 0.307 e. The molecule has 6 nitrogen and oxygen atoms in total. The fraction of sp³-hybridized carbons (Fsp3) is 0.211. The third kappa shape index (κ3) is 2.41. The van der Waals surface area contributed by atoms with Gasteiger partial charge < -0.3 is 9.88 Å². The van der Waals surface area contributed by atoms with E-state index in [1.807, 2.05) is 25.1 Å². The van der Waals surface area contributed by atoms with E-state index >= 15 is 0 Å². The fourth-order valence-corrected chi connectivity index (χ4v) is 3.74. The summed E-state index contributed by atoms with van der Waals surface area (Å²) < 4.78 is 2.23. The maximum atomic E-state index is 6.06. The molecule has 3 heterocycles. The minimum Gasteiger partial charge on any atom is -0.307 e. The molecule has 1 aliphatic heterocycles. The van der Waals surface area contributed by atoms with E-state index in [0.717, 1.165) is 45.4 Å². The van der Waals surface area contributed by atoms with Crippen LogP contribution in [0.15, 0.2) is 42.5 Å². The summed E-state index contributed by atoms with van der Waals surface area (Å²) in [5.74, 6) is 1.82. The van der Waals surface area contributed by atoms with Crippen LogP contribution in [-0.2, 0) is 6.54 Å². The molecule has 0 aliphatic carbocycles. The highest BCUT2D eigenvalue weighted by Gasteiger charge is 2.26. The first-order valence-electron chi connectivity index (χ1n) is 8.56. The molecule has 4 aromatic rings. The minimum atomic E-state index is 0.127. The lowest BCUT2D eigenvalue weighted by Crippen LogP contribution is -2.34. The number of H-pyrrole nitrogens is 1. The smallest absolute Gasteiger partial charge is 0.164 e. The number of hydrogen-bond acceptors (Lipinski definition) is 4. The van der Waals surface area contributed by atoms with Crippen LogP contribution in [0.4, 0.5) is 0 Å². The summed E-state index contributed by atoms with van der Waals surface area (Å²) in [7, 11) is 0. The Morgan fingerprint density at radius 3 is 2.81 bits per heavy atom. The maximum absolute atomic E-state index is 6.06. The molecule has 0 unspecified atom stereocenters. The molecule has 130 valence electrons. The van der Waals surface area contributed by atoms with E-state index in [1.165, 1.54) is 5.56 Å². The Hall–Kier alpha value is -2.70. The Morgan fingerprint density at radius 2 is 1.96 bits per heavy atom. The average Bonchev–Trinajstić information content (AvgIpc) is 3.26. The van der Waals surface area contributed by atoms with Gasteiger partial charge in [-0.05, 0) is 42.8 Å². The van der Waals surface area contributed by atoms with Gasteiger partial charge in [0.25, 0.3) is 0 Å².